The maximum Gasteiger partial charge on any atom is 0.421 e. The summed E-state index contributed by atoms with van der Waals surface area (Å²) < 4.78 is 55.6. The Morgan fingerprint density at radius 3 is 2.71 bits per heavy atom. The summed E-state index contributed by atoms with van der Waals surface area (Å²) in [4.78, 5) is 29.6. The van der Waals surface area contributed by atoms with Gasteiger partial charge < -0.3 is 19.1 Å². The molecule has 2 amide bonds. The molecule has 0 aromatic rings. The van der Waals surface area contributed by atoms with E-state index in [4.69, 9.17) is 14.2 Å². The number of ether oxygens (including phenoxy) is 3. The molecule has 4 atom stereocenters. The maximum atomic E-state index is 13.6. The fourth-order valence-electron chi connectivity index (χ4n) is 5.92. The minimum absolute atomic E-state index is 0.134. The molecule has 4 aliphatic rings. The standard InChI is InChI=1S/C25H35F3N2O5/c1-17-5-3-6-20(13-17)35-23(32)30(10-4-8-25(26,27)28)22(31)19-14-18-15-24(33-11-12-34-24)9-7-21(18)29(2)16-19/h3,5-6,17-19,21H,4,7-16H2,1-2H3/t17?,18-,19-,21-/m1/s1. The number of hydrogen-bond donors (Lipinski definition) is 0. The van der Waals surface area contributed by atoms with E-state index in [1.54, 1.807) is 12.2 Å². The van der Waals surface area contributed by atoms with Crippen molar-refractivity contribution in [2.24, 2.45) is 17.8 Å². The Morgan fingerprint density at radius 2 is 2.03 bits per heavy atom. The van der Waals surface area contributed by atoms with Crippen LogP contribution in [-0.4, -0.2) is 73.2 Å². The lowest BCUT2D eigenvalue weighted by molar-refractivity contribution is -0.202. The average molecular weight is 501 g/mol. The number of rotatable bonds is 5. The van der Waals surface area contributed by atoms with Crippen LogP contribution < -0.4 is 0 Å². The quantitative estimate of drug-likeness (QED) is 0.548. The van der Waals surface area contributed by atoms with Crippen LogP contribution in [0.3, 0.4) is 0 Å². The van der Waals surface area contributed by atoms with Gasteiger partial charge in [0.15, 0.2) is 5.79 Å². The van der Waals surface area contributed by atoms with Crippen molar-refractivity contribution < 1.29 is 37.0 Å². The lowest BCUT2D eigenvalue weighted by Crippen LogP contribution is -2.56. The number of halogens is 3. The number of piperidine rings is 1. The molecule has 196 valence electrons. The van der Waals surface area contributed by atoms with Gasteiger partial charge in [0.1, 0.15) is 5.76 Å². The summed E-state index contributed by atoms with van der Waals surface area (Å²) in [6, 6.07) is 0.281. The molecule has 7 nitrogen and oxygen atoms in total. The van der Waals surface area contributed by atoms with Gasteiger partial charge >= 0.3 is 12.3 Å². The summed E-state index contributed by atoms with van der Waals surface area (Å²) in [6.45, 7) is 3.18. The molecule has 2 aliphatic carbocycles. The molecule has 0 aromatic heterocycles. The Hall–Kier alpha value is -1.91. The van der Waals surface area contributed by atoms with E-state index in [9.17, 15) is 22.8 Å². The van der Waals surface area contributed by atoms with Crippen LogP contribution in [-0.2, 0) is 19.0 Å². The number of carbonyl (C=O) groups excluding carboxylic acids is 2. The second kappa shape index (κ2) is 10.6. The van der Waals surface area contributed by atoms with Crippen molar-refractivity contribution in [1.29, 1.82) is 0 Å². The third-order valence-corrected chi connectivity index (χ3v) is 7.55. The number of carbonyl (C=O) groups is 2. The first kappa shape index (κ1) is 26.2. The van der Waals surface area contributed by atoms with Crippen molar-refractivity contribution in [2.45, 2.75) is 69.9 Å². The number of fused-ring (bicyclic) bond motifs is 1. The lowest BCUT2D eigenvalue weighted by Gasteiger charge is -2.49. The molecule has 35 heavy (non-hydrogen) atoms. The van der Waals surface area contributed by atoms with Crippen LogP contribution in [0.2, 0.25) is 0 Å². The van der Waals surface area contributed by atoms with Gasteiger partial charge in [-0.05, 0) is 44.2 Å². The molecular weight excluding hydrogens is 465 g/mol. The maximum absolute atomic E-state index is 13.6. The first-order chi connectivity index (χ1) is 16.6. The van der Waals surface area contributed by atoms with E-state index in [0.29, 0.717) is 44.8 Å². The van der Waals surface area contributed by atoms with Crippen LogP contribution in [0.1, 0.15) is 51.9 Å². The zero-order valence-corrected chi connectivity index (χ0v) is 20.4. The van der Waals surface area contributed by atoms with Gasteiger partial charge in [-0.2, -0.15) is 13.2 Å². The molecule has 2 heterocycles. The molecule has 2 saturated heterocycles. The molecule has 0 N–H and O–H groups in total. The first-order valence-corrected chi connectivity index (χ1v) is 12.5. The average Bonchev–Trinajstić information content (AvgIpc) is 3.22. The highest BCUT2D eigenvalue weighted by Crippen LogP contribution is 2.45. The number of nitrogens with zero attached hydrogens (tertiary/aromatic N) is 2. The number of allylic oxidation sites excluding steroid dienone is 4. The van der Waals surface area contributed by atoms with Crippen LogP contribution in [0.5, 0.6) is 0 Å². The number of hydrogen-bond acceptors (Lipinski definition) is 6. The Morgan fingerprint density at radius 1 is 1.29 bits per heavy atom. The van der Waals surface area contributed by atoms with Crippen LogP contribution in [0, 0.1) is 17.8 Å². The summed E-state index contributed by atoms with van der Waals surface area (Å²) in [5.74, 6) is -0.889. The van der Waals surface area contributed by atoms with Crippen LogP contribution in [0.25, 0.3) is 0 Å². The van der Waals surface area contributed by atoms with Gasteiger partial charge in [-0.25, -0.2) is 9.69 Å². The smallest absolute Gasteiger partial charge is 0.414 e. The molecule has 0 aromatic carbocycles. The minimum Gasteiger partial charge on any atom is -0.414 e. The minimum atomic E-state index is -4.36. The Balaban J connectivity index is 1.46. The number of amides is 2. The zero-order valence-electron chi connectivity index (χ0n) is 20.4. The van der Waals surface area contributed by atoms with E-state index < -0.39 is 36.3 Å². The van der Waals surface area contributed by atoms with Crippen molar-refractivity contribution >= 4 is 12.0 Å². The van der Waals surface area contributed by atoms with E-state index in [-0.39, 0.29) is 30.8 Å². The van der Waals surface area contributed by atoms with Gasteiger partial charge in [-0.3, -0.25) is 4.79 Å². The van der Waals surface area contributed by atoms with E-state index in [2.05, 4.69) is 4.90 Å². The molecular formula is C25H35F3N2O5. The van der Waals surface area contributed by atoms with E-state index in [1.807, 2.05) is 20.0 Å². The molecule has 10 heteroatoms. The topological polar surface area (TPSA) is 68.3 Å². The van der Waals surface area contributed by atoms with Gasteiger partial charge in [0.2, 0.25) is 5.91 Å². The largest absolute Gasteiger partial charge is 0.421 e. The van der Waals surface area contributed by atoms with Crippen molar-refractivity contribution in [3.63, 3.8) is 0 Å². The Kier molecular flexibility index (Phi) is 7.92. The van der Waals surface area contributed by atoms with Crippen molar-refractivity contribution in [3.05, 3.63) is 24.0 Å². The highest BCUT2D eigenvalue weighted by Gasteiger charge is 2.50. The fourth-order valence-corrected chi connectivity index (χ4v) is 5.92. The molecule has 0 radical (unpaired) electrons. The summed E-state index contributed by atoms with van der Waals surface area (Å²) in [7, 11) is 1.96. The number of alkyl halides is 3. The zero-order chi connectivity index (χ0) is 25.2. The monoisotopic (exact) mass is 500 g/mol. The Labute approximate surface area is 204 Å². The first-order valence-electron chi connectivity index (χ1n) is 12.5. The van der Waals surface area contributed by atoms with E-state index >= 15 is 0 Å². The highest BCUT2D eigenvalue weighted by molar-refractivity contribution is 5.93. The second-order valence-electron chi connectivity index (χ2n) is 10.3. The molecule has 2 aliphatic heterocycles. The predicted octanol–water partition coefficient (Wildman–Crippen LogP) is 4.64. The van der Waals surface area contributed by atoms with Crippen LogP contribution in [0.4, 0.5) is 18.0 Å². The van der Waals surface area contributed by atoms with Crippen molar-refractivity contribution in [3.8, 4) is 0 Å². The van der Waals surface area contributed by atoms with Crippen molar-refractivity contribution in [2.75, 3.05) is 33.4 Å². The SMILES string of the molecule is CC1C=CC=C(OC(=O)N(CCCC(F)(F)F)C(=O)[C@@H]2C[C@@H]3CC4(CC[C@H]3N(C)C2)OCCO4)C1. The molecule has 3 fully saturated rings. The molecule has 0 bridgehead atoms. The molecule has 1 saturated carbocycles. The fraction of sp³-hybridized carbons (Fsp3) is 0.760. The second-order valence-corrected chi connectivity index (χ2v) is 10.3. The van der Waals surface area contributed by atoms with Crippen LogP contribution in [0.15, 0.2) is 24.0 Å². The number of likely N-dealkylation sites (tertiary alicyclic amines) is 1. The number of imide groups is 1. The summed E-state index contributed by atoms with van der Waals surface area (Å²) >= 11 is 0. The van der Waals surface area contributed by atoms with Gasteiger partial charge in [-0.15, -0.1) is 0 Å². The van der Waals surface area contributed by atoms with Gasteiger partial charge in [0.05, 0.1) is 19.1 Å². The molecule has 1 spiro atoms. The van der Waals surface area contributed by atoms with Gasteiger partial charge in [0.25, 0.3) is 0 Å². The third kappa shape index (κ3) is 6.46. The summed E-state index contributed by atoms with van der Waals surface area (Å²) in [5.41, 5.74) is 0. The normalized spacial score (nSPS) is 30.6. The van der Waals surface area contributed by atoms with Gasteiger partial charge in [0, 0.05) is 44.8 Å². The molecule has 1 unspecified atom stereocenters. The van der Waals surface area contributed by atoms with E-state index in [1.165, 1.54) is 0 Å². The highest BCUT2D eigenvalue weighted by atomic mass is 19.4. The predicted molar refractivity (Wildman–Crippen MR) is 121 cm³/mol. The van der Waals surface area contributed by atoms with E-state index in [0.717, 1.165) is 17.7 Å². The van der Waals surface area contributed by atoms with Gasteiger partial charge in [-0.1, -0.05) is 19.1 Å². The lowest BCUT2D eigenvalue weighted by atomic mass is 9.72. The Bertz CT molecular complexity index is 853. The van der Waals surface area contributed by atoms with Crippen LogP contribution >= 0.6 is 0 Å². The summed E-state index contributed by atoms with van der Waals surface area (Å²) in [5, 5.41) is 0. The molecule has 4 rings (SSSR count). The third-order valence-electron chi connectivity index (χ3n) is 7.55. The van der Waals surface area contributed by atoms with Crippen molar-refractivity contribution in [1.82, 2.24) is 9.80 Å². The summed E-state index contributed by atoms with van der Waals surface area (Å²) in [6.07, 6.45) is 2.07.